The Morgan fingerprint density at radius 3 is 2.47 bits per heavy atom. The van der Waals surface area contributed by atoms with Crippen molar-refractivity contribution in [1.82, 2.24) is 4.31 Å². The quantitative estimate of drug-likeness (QED) is 0.624. The van der Waals surface area contributed by atoms with Crippen molar-refractivity contribution in [3.05, 3.63) is 35.9 Å². The van der Waals surface area contributed by atoms with E-state index in [0.717, 1.165) is 10.4 Å². The van der Waals surface area contributed by atoms with Crippen LogP contribution in [-0.4, -0.2) is 37.4 Å². The van der Waals surface area contributed by atoms with E-state index in [1.807, 2.05) is 0 Å². The monoisotopic (exact) mass is 284 g/mol. The molecule has 6 nitrogen and oxygen atoms in total. The Labute approximate surface area is 112 Å². The molecular formula is C12H16N2O4S. The summed E-state index contributed by atoms with van der Waals surface area (Å²) in [7, 11) is -2.34. The van der Waals surface area contributed by atoms with Crippen LogP contribution in [0.1, 0.15) is 17.3 Å². The SMILES string of the molecule is C=C(C)CN(C)S(=O)(=O)c1ccc(C(=O)O)cc1N. The molecule has 1 aromatic rings. The third-order valence-corrected chi connectivity index (χ3v) is 4.31. The number of carboxylic acids is 1. The lowest BCUT2D eigenvalue weighted by molar-refractivity contribution is 0.0697. The number of anilines is 1. The summed E-state index contributed by atoms with van der Waals surface area (Å²) in [5.41, 5.74) is 6.16. The zero-order chi connectivity index (χ0) is 14.8. The average Bonchev–Trinajstić information content (AvgIpc) is 2.27. The third-order valence-electron chi connectivity index (χ3n) is 2.44. The Morgan fingerprint density at radius 2 is 2.05 bits per heavy atom. The molecule has 0 bridgehead atoms. The number of benzene rings is 1. The Bertz CT molecular complexity index is 623. The van der Waals surface area contributed by atoms with Crippen molar-refractivity contribution in [3.63, 3.8) is 0 Å². The highest BCUT2D eigenvalue weighted by Gasteiger charge is 2.23. The Morgan fingerprint density at radius 1 is 1.47 bits per heavy atom. The summed E-state index contributed by atoms with van der Waals surface area (Å²) in [6.07, 6.45) is 0. The van der Waals surface area contributed by atoms with Crippen LogP contribution in [0.4, 0.5) is 5.69 Å². The molecule has 0 unspecified atom stereocenters. The second-order valence-corrected chi connectivity index (χ2v) is 6.29. The van der Waals surface area contributed by atoms with Gasteiger partial charge in [-0.25, -0.2) is 13.2 Å². The van der Waals surface area contributed by atoms with Gasteiger partial charge in [-0.05, 0) is 25.1 Å². The van der Waals surface area contributed by atoms with Crippen molar-refractivity contribution >= 4 is 21.7 Å². The van der Waals surface area contributed by atoms with E-state index in [-0.39, 0.29) is 22.7 Å². The lowest BCUT2D eigenvalue weighted by atomic mass is 10.2. The Hall–Kier alpha value is -1.86. The van der Waals surface area contributed by atoms with E-state index in [1.165, 1.54) is 19.2 Å². The van der Waals surface area contributed by atoms with Crippen LogP contribution in [0.3, 0.4) is 0 Å². The highest BCUT2D eigenvalue weighted by Crippen LogP contribution is 2.23. The summed E-state index contributed by atoms with van der Waals surface area (Å²) >= 11 is 0. The third kappa shape index (κ3) is 3.33. The summed E-state index contributed by atoms with van der Waals surface area (Å²) in [6.45, 7) is 5.53. The molecule has 0 amide bonds. The fourth-order valence-electron chi connectivity index (χ4n) is 1.55. The molecule has 0 saturated carbocycles. The second-order valence-electron chi connectivity index (χ2n) is 4.28. The maximum absolute atomic E-state index is 12.2. The molecule has 19 heavy (non-hydrogen) atoms. The van der Waals surface area contributed by atoms with E-state index in [0.29, 0.717) is 5.57 Å². The highest BCUT2D eigenvalue weighted by atomic mass is 32.2. The minimum atomic E-state index is -3.75. The van der Waals surface area contributed by atoms with Gasteiger partial charge in [-0.2, -0.15) is 4.31 Å². The number of sulfonamides is 1. The van der Waals surface area contributed by atoms with Crippen LogP contribution in [0.5, 0.6) is 0 Å². The summed E-state index contributed by atoms with van der Waals surface area (Å²) < 4.78 is 25.6. The lowest BCUT2D eigenvalue weighted by Gasteiger charge is -2.18. The summed E-state index contributed by atoms with van der Waals surface area (Å²) in [5, 5.41) is 8.80. The fraction of sp³-hybridized carbons (Fsp3) is 0.250. The largest absolute Gasteiger partial charge is 0.478 e. The molecule has 0 fully saturated rings. The van der Waals surface area contributed by atoms with Gasteiger partial charge in [-0.3, -0.25) is 0 Å². The van der Waals surface area contributed by atoms with Gasteiger partial charge in [0.05, 0.1) is 11.3 Å². The van der Waals surface area contributed by atoms with Gasteiger partial charge in [0.15, 0.2) is 0 Å². The number of nitrogen functional groups attached to an aromatic ring is 1. The molecule has 3 N–H and O–H groups in total. The number of carboxylic acid groups (broad SMARTS) is 1. The molecule has 7 heteroatoms. The zero-order valence-electron chi connectivity index (χ0n) is 10.8. The molecule has 0 heterocycles. The molecule has 0 spiro atoms. The van der Waals surface area contributed by atoms with Gasteiger partial charge < -0.3 is 10.8 Å². The molecule has 1 aromatic carbocycles. The van der Waals surface area contributed by atoms with Gasteiger partial charge in [0, 0.05) is 13.6 Å². The molecule has 0 aliphatic rings. The Balaban J connectivity index is 3.22. The summed E-state index contributed by atoms with van der Waals surface area (Å²) in [6, 6.07) is 3.53. The number of rotatable bonds is 5. The Kier molecular flexibility index (Phi) is 4.33. The van der Waals surface area contributed by atoms with E-state index in [9.17, 15) is 13.2 Å². The van der Waals surface area contributed by atoms with Gasteiger partial charge in [0.25, 0.3) is 0 Å². The number of hydrogen-bond acceptors (Lipinski definition) is 4. The van der Waals surface area contributed by atoms with E-state index < -0.39 is 16.0 Å². The molecular weight excluding hydrogens is 268 g/mol. The second kappa shape index (κ2) is 5.41. The molecule has 0 aromatic heterocycles. The standard InChI is InChI=1S/C12H16N2O4S/c1-8(2)7-14(3)19(17,18)11-5-4-9(12(15)16)6-10(11)13/h4-6H,1,7,13H2,2-3H3,(H,15,16). The topological polar surface area (TPSA) is 101 Å². The molecule has 104 valence electrons. The molecule has 0 aliphatic carbocycles. The maximum Gasteiger partial charge on any atom is 0.335 e. The van der Waals surface area contributed by atoms with Crippen LogP contribution in [0.25, 0.3) is 0 Å². The van der Waals surface area contributed by atoms with Crippen LogP contribution in [0.15, 0.2) is 35.2 Å². The minimum Gasteiger partial charge on any atom is -0.478 e. The van der Waals surface area contributed by atoms with Gasteiger partial charge in [0.1, 0.15) is 4.90 Å². The van der Waals surface area contributed by atoms with Crippen LogP contribution >= 0.6 is 0 Å². The van der Waals surface area contributed by atoms with Gasteiger partial charge in [-0.15, -0.1) is 0 Å². The number of hydrogen-bond donors (Lipinski definition) is 2. The minimum absolute atomic E-state index is 0.0565. The van der Waals surface area contributed by atoms with Crippen molar-refractivity contribution in [2.24, 2.45) is 0 Å². The number of nitrogens with zero attached hydrogens (tertiary/aromatic N) is 1. The number of likely N-dealkylation sites (N-methyl/N-ethyl adjacent to an activating group) is 1. The van der Waals surface area contributed by atoms with Crippen LogP contribution in [0, 0.1) is 0 Å². The normalized spacial score (nSPS) is 11.5. The van der Waals surface area contributed by atoms with E-state index in [4.69, 9.17) is 10.8 Å². The smallest absolute Gasteiger partial charge is 0.335 e. The van der Waals surface area contributed by atoms with Crippen molar-refractivity contribution in [2.75, 3.05) is 19.3 Å². The van der Waals surface area contributed by atoms with Crippen molar-refractivity contribution in [3.8, 4) is 0 Å². The van der Waals surface area contributed by atoms with Gasteiger partial charge in [-0.1, -0.05) is 12.2 Å². The predicted molar refractivity (Wildman–Crippen MR) is 72.4 cm³/mol. The molecule has 0 aliphatic heterocycles. The van der Waals surface area contributed by atoms with Crippen LogP contribution in [0.2, 0.25) is 0 Å². The van der Waals surface area contributed by atoms with E-state index in [1.54, 1.807) is 6.92 Å². The first-order valence-electron chi connectivity index (χ1n) is 5.40. The first-order chi connectivity index (χ1) is 8.66. The van der Waals surface area contributed by atoms with Crippen molar-refractivity contribution in [2.45, 2.75) is 11.8 Å². The van der Waals surface area contributed by atoms with Crippen molar-refractivity contribution in [1.29, 1.82) is 0 Å². The van der Waals surface area contributed by atoms with Gasteiger partial charge in [0.2, 0.25) is 10.0 Å². The first kappa shape index (κ1) is 15.2. The maximum atomic E-state index is 12.2. The summed E-state index contributed by atoms with van der Waals surface area (Å²) in [4.78, 5) is 10.7. The summed E-state index contributed by atoms with van der Waals surface area (Å²) in [5.74, 6) is -1.16. The molecule has 0 radical (unpaired) electrons. The highest BCUT2D eigenvalue weighted by molar-refractivity contribution is 7.89. The molecule has 0 atom stereocenters. The van der Waals surface area contributed by atoms with Crippen LogP contribution in [-0.2, 0) is 10.0 Å². The number of aromatic carboxylic acids is 1. The number of carbonyl (C=O) groups is 1. The van der Waals surface area contributed by atoms with Crippen molar-refractivity contribution < 1.29 is 18.3 Å². The first-order valence-corrected chi connectivity index (χ1v) is 6.84. The van der Waals surface area contributed by atoms with Crippen LogP contribution < -0.4 is 5.73 Å². The van der Waals surface area contributed by atoms with E-state index >= 15 is 0 Å². The predicted octanol–water partition coefficient (Wildman–Crippen LogP) is 1.16. The number of nitrogens with two attached hydrogens (primary N) is 1. The fourth-order valence-corrected chi connectivity index (χ4v) is 2.87. The average molecular weight is 284 g/mol. The zero-order valence-corrected chi connectivity index (χ0v) is 11.6. The van der Waals surface area contributed by atoms with Gasteiger partial charge >= 0.3 is 5.97 Å². The molecule has 1 rings (SSSR count). The lowest BCUT2D eigenvalue weighted by Crippen LogP contribution is -2.29. The molecule has 0 saturated heterocycles. The van der Waals surface area contributed by atoms with E-state index in [2.05, 4.69) is 6.58 Å².